The molecule has 0 saturated heterocycles. The molecule has 2 rings (SSSR count). The van der Waals surface area contributed by atoms with Crippen molar-refractivity contribution in [1.82, 2.24) is 5.32 Å². The minimum Gasteiger partial charge on any atom is -0.477 e. The van der Waals surface area contributed by atoms with E-state index in [1.165, 1.54) is 0 Å². The summed E-state index contributed by atoms with van der Waals surface area (Å²) >= 11 is 0. The number of carbonyl (C=O) groups is 1. The molecule has 4 nitrogen and oxygen atoms in total. The second kappa shape index (κ2) is 3.41. The second-order valence-corrected chi connectivity index (χ2v) is 2.88. The van der Waals surface area contributed by atoms with Gasteiger partial charge in [-0.1, -0.05) is 30.3 Å². The highest BCUT2D eigenvalue weighted by molar-refractivity contribution is 5.76. The second-order valence-electron chi connectivity index (χ2n) is 2.88. The molecule has 14 heavy (non-hydrogen) atoms. The van der Waals surface area contributed by atoms with Crippen LogP contribution < -0.4 is 5.32 Å². The van der Waals surface area contributed by atoms with Crippen molar-refractivity contribution in [2.75, 3.05) is 0 Å². The van der Waals surface area contributed by atoms with Crippen molar-refractivity contribution >= 4 is 11.7 Å². The van der Waals surface area contributed by atoms with Crippen LogP contribution in [0.15, 0.2) is 36.5 Å². The maximum atomic E-state index is 10.6. The molecule has 0 radical (unpaired) electrons. The molecule has 1 aromatic rings. The molecule has 0 fully saturated rings. The Morgan fingerprint density at radius 2 is 2.07 bits per heavy atom. The largest absolute Gasteiger partial charge is 0.477 e. The summed E-state index contributed by atoms with van der Waals surface area (Å²) in [5, 5.41) is 11.3. The number of ether oxygens (including phenoxy) is 1. The number of rotatable bonds is 2. The van der Waals surface area contributed by atoms with Crippen molar-refractivity contribution in [3.8, 4) is 0 Å². The van der Waals surface area contributed by atoms with Crippen molar-refractivity contribution in [3.63, 3.8) is 0 Å². The highest BCUT2D eigenvalue weighted by atomic mass is 16.5. The highest BCUT2D eigenvalue weighted by Crippen LogP contribution is 2.20. The standard InChI is InChI=1S/C10H9NO3/c12-10(13)9-11-6-8(14-9)7-4-2-1-3-5-7/h1-6,9,11H,(H,12,13). The third-order valence-electron chi connectivity index (χ3n) is 1.89. The fourth-order valence-electron chi connectivity index (χ4n) is 1.22. The van der Waals surface area contributed by atoms with Gasteiger partial charge in [-0.05, 0) is 0 Å². The lowest BCUT2D eigenvalue weighted by Gasteiger charge is -2.07. The van der Waals surface area contributed by atoms with Gasteiger partial charge < -0.3 is 15.2 Å². The van der Waals surface area contributed by atoms with Gasteiger partial charge in [0.2, 0.25) is 0 Å². The lowest BCUT2D eigenvalue weighted by molar-refractivity contribution is -0.146. The van der Waals surface area contributed by atoms with Gasteiger partial charge in [0.25, 0.3) is 6.23 Å². The molecular weight excluding hydrogens is 182 g/mol. The first-order valence-electron chi connectivity index (χ1n) is 4.18. The van der Waals surface area contributed by atoms with Crippen LogP contribution in [0.4, 0.5) is 0 Å². The van der Waals surface area contributed by atoms with Crippen LogP contribution in [0.5, 0.6) is 0 Å². The topological polar surface area (TPSA) is 58.6 Å². The molecule has 2 N–H and O–H groups in total. The molecule has 0 saturated carbocycles. The fourth-order valence-corrected chi connectivity index (χ4v) is 1.22. The molecule has 0 amide bonds. The number of hydrogen-bond acceptors (Lipinski definition) is 3. The van der Waals surface area contributed by atoms with Gasteiger partial charge in [-0.2, -0.15) is 0 Å². The van der Waals surface area contributed by atoms with Crippen LogP contribution >= 0.6 is 0 Å². The molecule has 0 aromatic heterocycles. The van der Waals surface area contributed by atoms with Gasteiger partial charge in [-0.15, -0.1) is 0 Å². The van der Waals surface area contributed by atoms with Gasteiger partial charge in [0.05, 0.1) is 0 Å². The van der Waals surface area contributed by atoms with Gasteiger partial charge in [0.1, 0.15) is 5.76 Å². The Labute approximate surface area is 80.8 Å². The molecule has 1 aliphatic rings. The summed E-state index contributed by atoms with van der Waals surface area (Å²) < 4.78 is 5.16. The first-order chi connectivity index (χ1) is 6.77. The third kappa shape index (κ3) is 1.54. The van der Waals surface area contributed by atoms with E-state index in [0.29, 0.717) is 5.76 Å². The molecule has 0 aliphatic carbocycles. The van der Waals surface area contributed by atoms with E-state index in [-0.39, 0.29) is 0 Å². The molecular formula is C10H9NO3. The van der Waals surface area contributed by atoms with Crippen molar-refractivity contribution in [1.29, 1.82) is 0 Å². The zero-order valence-electron chi connectivity index (χ0n) is 7.31. The van der Waals surface area contributed by atoms with E-state index >= 15 is 0 Å². The van der Waals surface area contributed by atoms with E-state index in [2.05, 4.69) is 5.32 Å². The van der Waals surface area contributed by atoms with Crippen LogP contribution in [0.1, 0.15) is 5.56 Å². The summed E-state index contributed by atoms with van der Waals surface area (Å²) in [5.41, 5.74) is 0.865. The number of aliphatic carboxylic acids is 1. The zero-order valence-corrected chi connectivity index (χ0v) is 7.31. The number of carboxylic acid groups (broad SMARTS) is 1. The zero-order chi connectivity index (χ0) is 9.97. The highest BCUT2D eigenvalue weighted by Gasteiger charge is 2.24. The van der Waals surface area contributed by atoms with Crippen molar-refractivity contribution in [2.24, 2.45) is 0 Å². The number of nitrogens with one attached hydrogen (secondary N) is 1. The Balaban J connectivity index is 2.13. The quantitative estimate of drug-likeness (QED) is 0.732. The van der Waals surface area contributed by atoms with Gasteiger partial charge >= 0.3 is 5.97 Å². The summed E-state index contributed by atoms with van der Waals surface area (Å²) in [5.74, 6) is -0.467. The van der Waals surface area contributed by atoms with Crippen LogP contribution in [0, 0.1) is 0 Å². The van der Waals surface area contributed by atoms with Crippen LogP contribution in [0.25, 0.3) is 5.76 Å². The van der Waals surface area contributed by atoms with E-state index < -0.39 is 12.2 Å². The molecule has 4 heteroatoms. The van der Waals surface area contributed by atoms with E-state index in [9.17, 15) is 4.79 Å². The van der Waals surface area contributed by atoms with Gasteiger partial charge in [0, 0.05) is 11.8 Å². The maximum absolute atomic E-state index is 10.6. The summed E-state index contributed by atoms with van der Waals surface area (Å²) in [6.07, 6.45) is 0.596. The molecule has 1 aromatic carbocycles. The third-order valence-corrected chi connectivity index (χ3v) is 1.89. The normalized spacial score (nSPS) is 19.4. The van der Waals surface area contributed by atoms with Crippen LogP contribution in [-0.4, -0.2) is 17.3 Å². The molecule has 1 atom stereocenters. The Morgan fingerprint density at radius 1 is 1.36 bits per heavy atom. The molecule has 1 heterocycles. The molecule has 1 unspecified atom stereocenters. The SMILES string of the molecule is O=C(O)C1NC=C(c2ccccc2)O1. The number of hydrogen-bond donors (Lipinski definition) is 2. The fraction of sp³-hybridized carbons (Fsp3) is 0.100. The summed E-state index contributed by atoms with van der Waals surface area (Å²) in [4.78, 5) is 10.6. The average molecular weight is 191 g/mol. The van der Waals surface area contributed by atoms with Crippen LogP contribution in [0.2, 0.25) is 0 Å². The van der Waals surface area contributed by atoms with Crippen molar-refractivity contribution in [3.05, 3.63) is 42.1 Å². The van der Waals surface area contributed by atoms with E-state index in [1.54, 1.807) is 6.20 Å². The number of carboxylic acids is 1. The molecule has 0 bridgehead atoms. The van der Waals surface area contributed by atoms with Crippen molar-refractivity contribution in [2.45, 2.75) is 6.23 Å². The smallest absolute Gasteiger partial charge is 0.366 e. The van der Waals surface area contributed by atoms with E-state index in [4.69, 9.17) is 9.84 Å². The molecule has 0 spiro atoms. The molecule has 1 aliphatic heterocycles. The Morgan fingerprint density at radius 3 is 2.64 bits per heavy atom. The average Bonchev–Trinajstić information content (AvgIpc) is 2.68. The summed E-state index contributed by atoms with van der Waals surface area (Å²) in [7, 11) is 0. The number of benzene rings is 1. The van der Waals surface area contributed by atoms with Crippen molar-refractivity contribution < 1.29 is 14.6 Å². The summed E-state index contributed by atoms with van der Waals surface area (Å²) in [6, 6.07) is 9.35. The Bertz CT molecular complexity index is 372. The van der Waals surface area contributed by atoms with E-state index in [0.717, 1.165) is 5.56 Å². The minimum absolute atomic E-state index is 0.554. The maximum Gasteiger partial charge on any atom is 0.366 e. The first-order valence-corrected chi connectivity index (χ1v) is 4.18. The van der Waals surface area contributed by atoms with Crippen LogP contribution in [-0.2, 0) is 9.53 Å². The molecule has 72 valence electrons. The predicted molar refractivity (Wildman–Crippen MR) is 50.1 cm³/mol. The van der Waals surface area contributed by atoms with Gasteiger partial charge in [-0.3, -0.25) is 0 Å². The Kier molecular flexibility index (Phi) is 2.10. The minimum atomic E-state index is -1.02. The lowest BCUT2D eigenvalue weighted by atomic mass is 10.2. The first kappa shape index (κ1) is 8.62. The van der Waals surface area contributed by atoms with E-state index in [1.807, 2.05) is 30.3 Å². The van der Waals surface area contributed by atoms with Gasteiger partial charge in [-0.25, -0.2) is 4.79 Å². The monoisotopic (exact) mass is 191 g/mol. The Hall–Kier alpha value is -1.97. The predicted octanol–water partition coefficient (Wildman–Crippen LogP) is 1.02. The summed E-state index contributed by atoms with van der Waals surface area (Å²) in [6.45, 7) is 0. The lowest BCUT2D eigenvalue weighted by Crippen LogP contribution is -2.30. The van der Waals surface area contributed by atoms with Crippen LogP contribution in [0.3, 0.4) is 0 Å². The van der Waals surface area contributed by atoms with Gasteiger partial charge in [0.15, 0.2) is 0 Å².